The molecule has 0 saturated heterocycles. The Balaban J connectivity index is 2.48. The summed E-state index contributed by atoms with van der Waals surface area (Å²) in [6.45, 7) is 6.30. The summed E-state index contributed by atoms with van der Waals surface area (Å²) in [4.78, 5) is 0. The van der Waals surface area contributed by atoms with E-state index in [4.69, 9.17) is 5.11 Å². The number of hydrogen-bond acceptors (Lipinski definition) is 2. The van der Waals surface area contributed by atoms with Crippen molar-refractivity contribution in [2.24, 2.45) is 5.92 Å². The molecule has 0 aromatic carbocycles. The van der Waals surface area contributed by atoms with Crippen molar-refractivity contribution in [1.82, 2.24) is 0 Å². The highest BCUT2D eigenvalue weighted by Gasteiger charge is 2.31. The van der Waals surface area contributed by atoms with Crippen molar-refractivity contribution in [3.05, 3.63) is 23.3 Å². The van der Waals surface area contributed by atoms with Gasteiger partial charge < -0.3 is 10.2 Å². The molecule has 2 atom stereocenters. The first-order valence-corrected chi connectivity index (χ1v) is 6.60. The fourth-order valence-corrected chi connectivity index (χ4v) is 2.45. The fourth-order valence-electron chi connectivity index (χ4n) is 2.45. The van der Waals surface area contributed by atoms with Gasteiger partial charge in [-0.3, -0.25) is 0 Å². The SMILES string of the molecule is CC(C)=CCCC(C)(O)C1CC=C(CO)CC1. The van der Waals surface area contributed by atoms with Crippen LogP contribution in [0.3, 0.4) is 0 Å². The number of rotatable bonds is 5. The molecule has 0 amide bonds. The van der Waals surface area contributed by atoms with Crippen LogP contribution in [0.4, 0.5) is 0 Å². The van der Waals surface area contributed by atoms with Crippen molar-refractivity contribution in [2.45, 2.75) is 58.5 Å². The number of hydrogen-bond donors (Lipinski definition) is 2. The van der Waals surface area contributed by atoms with Gasteiger partial charge in [0.05, 0.1) is 12.2 Å². The van der Waals surface area contributed by atoms with Gasteiger partial charge in [-0.25, -0.2) is 0 Å². The van der Waals surface area contributed by atoms with E-state index in [1.165, 1.54) is 5.57 Å². The summed E-state index contributed by atoms with van der Waals surface area (Å²) >= 11 is 0. The van der Waals surface area contributed by atoms with Crippen molar-refractivity contribution in [3.8, 4) is 0 Å². The predicted molar refractivity (Wildman–Crippen MR) is 71.8 cm³/mol. The minimum Gasteiger partial charge on any atom is -0.392 e. The molecule has 0 radical (unpaired) electrons. The summed E-state index contributed by atoms with van der Waals surface area (Å²) in [7, 11) is 0. The lowest BCUT2D eigenvalue weighted by Gasteiger charge is -2.35. The minimum atomic E-state index is -0.580. The standard InChI is InChI=1S/C15H26O2/c1-12(2)5-4-10-15(3,17)14-8-6-13(11-16)7-9-14/h5-6,14,16-17H,4,7-11H2,1-3H3. The molecule has 0 bridgehead atoms. The van der Waals surface area contributed by atoms with E-state index in [1.54, 1.807) is 0 Å². The summed E-state index contributed by atoms with van der Waals surface area (Å²) in [5.74, 6) is 0.336. The highest BCUT2D eigenvalue weighted by atomic mass is 16.3. The molecule has 0 saturated carbocycles. The van der Waals surface area contributed by atoms with Crippen molar-refractivity contribution in [3.63, 3.8) is 0 Å². The Hall–Kier alpha value is -0.600. The molecular formula is C15H26O2. The molecule has 0 fully saturated rings. The van der Waals surface area contributed by atoms with E-state index < -0.39 is 5.60 Å². The largest absolute Gasteiger partial charge is 0.392 e. The maximum Gasteiger partial charge on any atom is 0.0653 e. The van der Waals surface area contributed by atoms with E-state index in [0.29, 0.717) is 5.92 Å². The summed E-state index contributed by atoms with van der Waals surface area (Å²) in [6, 6.07) is 0. The van der Waals surface area contributed by atoms with Gasteiger partial charge in [0.2, 0.25) is 0 Å². The number of aliphatic hydroxyl groups excluding tert-OH is 1. The molecule has 17 heavy (non-hydrogen) atoms. The zero-order valence-corrected chi connectivity index (χ0v) is 11.4. The second kappa shape index (κ2) is 6.36. The average Bonchev–Trinajstić information content (AvgIpc) is 2.28. The van der Waals surface area contributed by atoms with Gasteiger partial charge in [0.15, 0.2) is 0 Å². The van der Waals surface area contributed by atoms with E-state index in [0.717, 1.165) is 37.7 Å². The molecule has 0 aromatic heterocycles. The van der Waals surface area contributed by atoms with Crippen LogP contribution in [0.1, 0.15) is 52.9 Å². The average molecular weight is 238 g/mol. The van der Waals surface area contributed by atoms with Crippen LogP contribution in [0.15, 0.2) is 23.3 Å². The van der Waals surface area contributed by atoms with E-state index in [1.807, 2.05) is 6.92 Å². The van der Waals surface area contributed by atoms with Crippen LogP contribution >= 0.6 is 0 Å². The topological polar surface area (TPSA) is 40.5 Å². The van der Waals surface area contributed by atoms with Gasteiger partial charge in [0.25, 0.3) is 0 Å². The molecule has 2 nitrogen and oxygen atoms in total. The lowest BCUT2D eigenvalue weighted by Crippen LogP contribution is -2.35. The van der Waals surface area contributed by atoms with Gasteiger partial charge in [0, 0.05) is 0 Å². The minimum absolute atomic E-state index is 0.173. The lowest BCUT2D eigenvalue weighted by atomic mass is 9.76. The molecule has 0 aromatic rings. The Morgan fingerprint density at radius 2 is 2.24 bits per heavy atom. The third-order valence-electron chi connectivity index (χ3n) is 3.79. The quantitative estimate of drug-likeness (QED) is 0.722. The van der Waals surface area contributed by atoms with Crippen LogP contribution in [0.25, 0.3) is 0 Å². The smallest absolute Gasteiger partial charge is 0.0653 e. The Morgan fingerprint density at radius 3 is 2.71 bits per heavy atom. The molecule has 0 spiro atoms. The van der Waals surface area contributed by atoms with Gasteiger partial charge in [-0.2, -0.15) is 0 Å². The molecule has 2 unspecified atom stereocenters. The van der Waals surface area contributed by atoms with Gasteiger partial charge in [0.1, 0.15) is 0 Å². The molecule has 98 valence electrons. The van der Waals surface area contributed by atoms with E-state index in [9.17, 15) is 5.11 Å². The lowest BCUT2D eigenvalue weighted by molar-refractivity contribution is -0.0126. The van der Waals surface area contributed by atoms with Crippen molar-refractivity contribution < 1.29 is 10.2 Å². The molecule has 0 aliphatic heterocycles. The summed E-state index contributed by atoms with van der Waals surface area (Å²) in [5.41, 5.74) is 1.86. The van der Waals surface area contributed by atoms with Gasteiger partial charge in [-0.15, -0.1) is 0 Å². The van der Waals surface area contributed by atoms with Crippen LogP contribution < -0.4 is 0 Å². The van der Waals surface area contributed by atoms with Crippen LogP contribution in [-0.4, -0.2) is 22.4 Å². The van der Waals surface area contributed by atoms with Crippen molar-refractivity contribution in [2.75, 3.05) is 6.61 Å². The first kappa shape index (κ1) is 14.5. The van der Waals surface area contributed by atoms with Gasteiger partial charge in [-0.1, -0.05) is 17.7 Å². The van der Waals surface area contributed by atoms with Crippen LogP contribution in [0.5, 0.6) is 0 Å². The number of aliphatic hydroxyl groups is 2. The van der Waals surface area contributed by atoms with Gasteiger partial charge in [-0.05, 0) is 64.4 Å². The second-order valence-corrected chi connectivity index (χ2v) is 5.67. The third-order valence-corrected chi connectivity index (χ3v) is 3.79. The second-order valence-electron chi connectivity index (χ2n) is 5.67. The van der Waals surface area contributed by atoms with Gasteiger partial charge >= 0.3 is 0 Å². The Morgan fingerprint density at radius 1 is 1.53 bits per heavy atom. The predicted octanol–water partition coefficient (Wildman–Crippen LogP) is 3.20. The summed E-state index contributed by atoms with van der Waals surface area (Å²) in [5, 5.41) is 19.5. The normalized spacial score (nSPS) is 23.8. The summed E-state index contributed by atoms with van der Waals surface area (Å²) in [6.07, 6.45) is 8.88. The Kier molecular flexibility index (Phi) is 5.41. The molecule has 1 aliphatic carbocycles. The first-order chi connectivity index (χ1) is 7.95. The third kappa shape index (κ3) is 4.64. The first-order valence-electron chi connectivity index (χ1n) is 6.60. The highest BCUT2D eigenvalue weighted by Crippen LogP contribution is 2.34. The molecular weight excluding hydrogens is 212 g/mol. The molecule has 1 aliphatic rings. The van der Waals surface area contributed by atoms with Crippen LogP contribution in [0.2, 0.25) is 0 Å². The number of allylic oxidation sites excluding steroid dienone is 3. The highest BCUT2D eigenvalue weighted by molar-refractivity contribution is 5.08. The van der Waals surface area contributed by atoms with Crippen LogP contribution in [0, 0.1) is 5.92 Å². The van der Waals surface area contributed by atoms with E-state index in [-0.39, 0.29) is 6.61 Å². The van der Waals surface area contributed by atoms with E-state index in [2.05, 4.69) is 26.0 Å². The Labute approximate surface area is 105 Å². The molecule has 1 rings (SSSR count). The fraction of sp³-hybridized carbons (Fsp3) is 0.733. The van der Waals surface area contributed by atoms with Crippen molar-refractivity contribution >= 4 is 0 Å². The van der Waals surface area contributed by atoms with Crippen LogP contribution in [-0.2, 0) is 0 Å². The summed E-state index contributed by atoms with van der Waals surface area (Å²) < 4.78 is 0. The molecule has 2 heteroatoms. The monoisotopic (exact) mass is 238 g/mol. The Bertz CT molecular complexity index is 296. The zero-order valence-electron chi connectivity index (χ0n) is 11.4. The molecule has 0 heterocycles. The maximum atomic E-state index is 10.5. The van der Waals surface area contributed by atoms with E-state index >= 15 is 0 Å². The zero-order chi connectivity index (χ0) is 12.9. The molecule has 2 N–H and O–H groups in total. The maximum absolute atomic E-state index is 10.5. The van der Waals surface area contributed by atoms with Crippen molar-refractivity contribution in [1.29, 1.82) is 0 Å².